The summed E-state index contributed by atoms with van der Waals surface area (Å²) >= 11 is 0. The van der Waals surface area contributed by atoms with Crippen LogP contribution in [0.25, 0.3) is 0 Å². The van der Waals surface area contributed by atoms with Gasteiger partial charge in [0.1, 0.15) is 0 Å². The van der Waals surface area contributed by atoms with E-state index >= 15 is 0 Å². The SMILES string of the molecule is CCCCOC(=O)N=S(C)(=O)c1ccccc1. The lowest BCUT2D eigenvalue weighted by atomic mass is 10.4. The van der Waals surface area contributed by atoms with Crippen LogP contribution in [0.3, 0.4) is 0 Å². The van der Waals surface area contributed by atoms with E-state index < -0.39 is 15.8 Å². The van der Waals surface area contributed by atoms with Crippen molar-refractivity contribution < 1.29 is 13.7 Å². The van der Waals surface area contributed by atoms with Gasteiger partial charge in [0.05, 0.1) is 16.3 Å². The van der Waals surface area contributed by atoms with E-state index in [1.807, 2.05) is 13.0 Å². The van der Waals surface area contributed by atoms with Gasteiger partial charge in [-0.15, -0.1) is 4.36 Å². The Morgan fingerprint density at radius 2 is 2.00 bits per heavy atom. The molecule has 0 radical (unpaired) electrons. The topological polar surface area (TPSA) is 55.7 Å². The van der Waals surface area contributed by atoms with E-state index in [4.69, 9.17) is 4.74 Å². The fourth-order valence-electron chi connectivity index (χ4n) is 1.20. The molecular weight excluding hydrogens is 238 g/mol. The summed E-state index contributed by atoms with van der Waals surface area (Å²) in [5, 5.41) is 0. The van der Waals surface area contributed by atoms with Crippen LogP contribution < -0.4 is 0 Å². The normalized spacial score (nSPS) is 13.8. The number of carbonyl (C=O) groups excluding carboxylic acids is 1. The molecule has 5 heteroatoms. The highest BCUT2D eigenvalue weighted by Gasteiger charge is 2.09. The van der Waals surface area contributed by atoms with Crippen LogP contribution in [0, 0.1) is 0 Å². The molecule has 1 aromatic carbocycles. The summed E-state index contributed by atoms with van der Waals surface area (Å²) in [7, 11) is -2.70. The molecule has 0 saturated heterocycles. The smallest absolute Gasteiger partial charge is 0.442 e. The molecule has 1 rings (SSSR count). The monoisotopic (exact) mass is 255 g/mol. The molecule has 0 aromatic heterocycles. The average molecular weight is 255 g/mol. The number of nitrogens with zero attached hydrogens (tertiary/aromatic N) is 1. The van der Waals surface area contributed by atoms with Gasteiger partial charge in [0, 0.05) is 11.2 Å². The molecule has 1 amide bonds. The molecule has 0 heterocycles. The number of benzene rings is 1. The predicted octanol–water partition coefficient (Wildman–Crippen LogP) is 3.08. The second-order valence-corrected chi connectivity index (χ2v) is 5.93. The van der Waals surface area contributed by atoms with Gasteiger partial charge in [-0.2, -0.15) is 0 Å². The van der Waals surface area contributed by atoms with Crippen molar-refractivity contribution in [3.8, 4) is 0 Å². The Hall–Kier alpha value is -1.36. The van der Waals surface area contributed by atoms with E-state index in [0.717, 1.165) is 12.8 Å². The van der Waals surface area contributed by atoms with Gasteiger partial charge in [0.25, 0.3) is 0 Å². The Kier molecular flexibility index (Phi) is 5.15. The third-order valence-corrected chi connectivity index (χ3v) is 3.80. The fraction of sp³-hybridized carbons (Fsp3) is 0.417. The molecule has 0 saturated carbocycles. The quantitative estimate of drug-likeness (QED) is 0.777. The summed E-state index contributed by atoms with van der Waals surface area (Å²) < 4.78 is 20.6. The van der Waals surface area contributed by atoms with E-state index in [1.165, 1.54) is 6.26 Å². The first kappa shape index (κ1) is 13.7. The number of carbonyl (C=O) groups is 1. The maximum absolute atomic E-state index is 12.2. The van der Waals surface area contributed by atoms with E-state index in [-0.39, 0.29) is 0 Å². The van der Waals surface area contributed by atoms with Crippen LogP contribution in [-0.4, -0.2) is 23.2 Å². The molecule has 94 valence electrons. The van der Waals surface area contributed by atoms with Crippen molar-refractivity contribution in [1.29, 1.82) is 0 Å². The number of rotatable bonds is 4. The lowest BCUT2D eigenvalue weighted by molar-refractivity contribution is 0.156. The zero-order chi connectivity index (χ0) is 12.7. The lowest BCUT2D eigenvalue weighted by Crippen LogP contribution is -2.06. The highest BCUT2D eigenvalue weighted by atomic mass is 32.2. The summed E-state index contributed by atoms with van der Waals surface area (Å²) in [5.41, 5.74) is 0. The van der Waals surface area contributed by atoms with Crippen molar-refractivity contribution in [3.05, 3.63) is 30.3 Å². The molecule has 4 nitrogen and oxygen atoms in total. The number of amides is 1. The number of ether oxygens (including phenoxy) is 1. The Balaban J connectivity index is 2.77. The number of hydrogen-bond acceptors (Lipinski definition) is 3. The third kappa shape index (κ3) is 4.56. The third-order valence-electron chi connectivity index (χ3n) is 2.15. The van der Waals surface area contributed by atoms with E-state index in [9.17, 15) is 9.00 Å². The molecule has 0 fully saturated rings. The van der Waals surface area contributed by atoms with Gasteiger partial charge in [-0.05, 0) is 18.6 Å². The van der Waals surface area contributed by atoms with Crippen LogP contribution in [-0.2, 0) is 14.5 Å². The lowest BCUT2D eigenvalue weighted by Gasteiger charge is -2.04. The molecule has 1 aromatic rings. The first-order chi connectivity index (χ1) is 8.06. The highest BCUT2D eigenvalue weighted by Crippen LogP contribution is 2.11. The molecule has 0 bridgehead atoms. The first-order valence-corrected chi connectivity index (χ1v) is 7.42. The molecule has 17 heavy (non-hydrogen) atoms. The van der Waals surface area contributed by atoms with Gasteiger partial charge >= 0.3 is 6.09 Å². The predicted molar refractivity (Wildman–Crippen MR) is 67.5 cm³/mol. The molecule has 0 N–H and O–H groups in total. The summed E-state index contributed by atoms with van der Waals surface area (Å²) in [6.45, 7) is 2.32. The van der Waals surface area contributed by atoms with Crippen LogP contribution >= 0.6 is 0 Å². The van der Waals surface area contributed by atoms with Crippen molar-refractivity contribution in [2.24, 2.45) is 4.36 Å². The summed E-state index contributed by atoms with van der Waals surface area (Å²) in [6.07, 6.45) is 2.41. The van der Waals surface area contributed by atoms with Gasteiger partial charge in [0.15, 0.2) is 0 Å². The average Bonchev–Trinajstić information content (AvgIpc) is 2.30. The zero-order valence-corrected chi connectivity index (χ0v) is 10.9. The maximum Gasteiger partial charge on any atom is 0.442 e. The van der Waals surface area contributed by atoms with Crippen LogP contribution in [0.1, 0.15) is 19.8 Å². The highest BCUT2D eigenvalue weighted by molar-refractivity contribution is 7.93. The Labute approximate surface area is 102 Å². The largest absolute Gasteiger partial charge is 0.447 e. The van der Waals surface area contributed by atoms with Crippen LogP contribution in [0.4, 0.5) is 4.79 Å². The van der Waals surface area contributed by atoms with Gasteiger partial charge < -0.3 is 4.74 Å². The van der Waals surface area contributed by atoms with Gasteiger partial charge in [0.2, 0.25) is 0 Å². The van der Waals surface area contributed by atoms with E-state index in [2.05, 4.69) is 4.36 Å². The number of unbranched alkanes of at least 4 members (excludes halogenated alkanes) is 1. The molecule has 0 aliphatic carbocycles. The van der Waals surface area contributed by atoms with Gasteiger partial charge in [-0.3, -0.25) is 0 Å². The second-order valence-electron chi connectivity index (χ2n) is 3.67. The molecule has 0 aliphatic rings. The molecule has 1 atom stereocenters. The minimum Gasteiger partial charge on any atom is -0.447 e. The van der Waals surface area contributed by atoms with Crippen molar-refractivity contribution >= 4 is 15.8 Å². The molecule has 0 spiro atoms. The summed E-state index contributed by atoms with van der Waals surface area (Å²) in [6, 6.07) is 8.71. The van der Waals surface area contributed by atoms with Gasteiger partial charge in [-0.1, -0.05) is 31.5 Å². The van der Waals surface area contributed by atoms with Crippen LogP contribution in [0.5, 0.6) is 0 Å². The maximum atomic E-state index is 12.2. The molecular formula is C12H17NO3S. The van der Waals surface area contributed by atoms with Crippen molar-refractivity contribution in [3.63, 3.8) is 0 Å². The minimum atomic E-state index is -2.70. The Morgan fingerprint density at radius 3 is 2.59 bits per heavy atom. The zero-order valence-electron chi connectivity index (χ0n) is 10.1. The van der Waals surface area contributed by atoms with Gasteiger partial charge in [-0.25, -0.2) is 9.00 Å². The molecule has 1 unspecified atom stereocenters. The fourth-order valence-corrected chi connectivity index (χ4v) is 2.30. The Bertz CT molecular complexity index is 476. The minimum absolute atomic E-state index is 0.323. The summed E-state index contributed by atoms with van der Waals surface area (Å²) in [4.78, 5) is 11.9. The van der Waals surface area contributed by atoms with Crippen molar-refractivity contribution in [2.45, 2.75) is 24.7 Å². The van der Waals surface area contributed by atoms with Crippen LogP contribution in [0.2, 0.25) is 0 Å². The Morgan fingerprint density at radius 1 is 1.35 bits per heavy atom. The second kappa shape index (κ2) is 6.39. The van der Waals surface area contributed by atoms with E-state index in [1.54, 1.807) is 24.3 Å². The van der Waals surface area contributed by atoms with Crippen LogP contribution in [0.15, 0.2) is 39.6 Å². The van der Waals surface area contributed by atoms with E-state index in [0.29, 0.717) is 11.5 Å². The first-order valence-electron chi connectivity index (χ1n) is 5.50. The van der Waals surface area contributed by atoms with Crippen molar-refractivity contribution in [1.82, 2.24) is 0 Å². The summed E-state index contributed by atoms with van der Waals surface area (Å²) in [5.74, 6) is 0. The standard InChI is InChI=1S/C12H17NO3S/c1-3-4-10-16-12(14)13-17(2,15)11-8-6-5-7-9-11/h5-9H,3-4,10H2,1-2H3. The number of hydrogen-bond donors (Lipinski definition) is 0. The molecule has 0 aliphatic heterocycles. The van der Waals surface area contributed by atoms with Crippen molar-refractivity contribution in [2.75, 3.05) is 12.9 Å².